The van der Waals surface area contributed by atoms with E-state index < -0.39 is 0 Å². The van der Waals surface area contributed by atoms with Crippen LogP contribution in [-0.4, -0.2) is 4.98 Å². The molecule has 2 rings (SSSR count). The van der Waals surface area contributed by atoms with Gasteiger partial charge in [-0.05, 0) is 17.5 Å². The molecule has 0 unspecified atom stereocenters. The molecule has 3 nitrogen and oxygen atoms in total. The summed E-state index contributed by atoms with van der Waals surface area (Å²) in [5, 5.41) is 5.32. The molecule has 0 saturated heterocycles. The van der Waals surface area contributed by atoms with Crippen LogP contribution in [0.15, 0.2) is 36.0 Å². The minimum absolute atomic E-state index is 0.682. The summed E-state index contributed by atoms with van der Waals surface area (Å²) in [5.74, 6) is 0. The van der Waals surface area contributed by atoms with Gasteiger partial charge in [-0.3, -0.25) is 4.98 Å². The van der Waals surface area contributed by atoms with Crippen LogP contribution in [0.4, 0.5) is 11.4 Å². The first-order valence-electron chi connectivity index (χ1n) is 4.31. The second-order valence-electron chi connectivity index (χ2n) is 2.94. The Morgan fingerprint density at radius 2 is 2.36 bits per heavy atom. The predicted molar refractivity (Wildman–Crippen MR) is 60.3 cm³/mol. The van der Waals surface area contributed by atoms with E-state index in [-0.39, 0.29) is 0 Å². The van der Waals surface area contributed by atoms with E-state index in [2.05, 4.69) is 21.7 Å². The lowest BCUT2D eigenvalue weighted by Crippen LogP contribution is -1.98. The van der Waals surface area contributed by atoms with Crippen LogP contribution < -0.4 is 11.1 Å². The molecule has 0 radical (unpaired) electrons. The topological polar surface area (TPSA) is 50.9 Å². The molecule has 2 aromatic heterocycles. The van der Waals surface area contributed by atoms with Gasteiger partial charge in [-0.1, -0.05) is 6.07 Å². The molecule has 0 bridgehead atoms. The third kappa shape index (κ3) is 2.23. The summed E-state index contributed by atoms with van der Waals surface area (Å²) in [6.07, 6.45) is 3.40. The van der Waals surface area contributed by atoms with Gasteiger partial charge in [0.2, 0.25) is 0 Å². The van der Waals surface area contributed by atoms with Crippen molar-refractivity contribution in [2.75, 3.05) is 11.1 Å². The second-order valence-corrected chi connectivity index (χ2v) is 3.97. The van der Waals surface area contributed by atoms with E-state index >= 15 is 0 Å². The highest BCUT2D eigenvalue weighted by atomic mass is 32.1. The quantitative estimate of drug-likeness (QED) is 0.808. The van der Waals surface area contributed by atoms with Crippen LogP contribution in [0.2, 0.25) is 0 Å². The minimum atomic E-state index is 0.682. The zero-order chi connectivity index (χ0) is 9.80. The van der Waals surface area contributed by atoms with Gasteiger partial charge in [-0.15, -0.1) is 11.3 Å². The molecule has 0 fully saturated rings. The Hall–Kier alpha value is -1.55. The zero-order valence-electron chi connectivity index (χ0n) is 7.60. The summed E-state index contributed by atoms with van der Waals surface area (Å²) >= 11 is 1.73. The minimum Gasteiger partial charge on any atom is -0.397 e. The molecule has 0 aliphatic carbocycles. The normalized spacial score (nSPS) is 10.0. The Balaban J connectivity index is 1.98. The largest absolute Gasteiger partial charge is 0.397 e. The van der Waals surface area contributed by atoms with E-state index in [1.165, 1.54) is 4.88 Å². The van der Waals surface area contributed by atoms with Gasteiger partial charge < -0.3 is 11.1 Å². The summed E-state index contributed by atoms with van der Waals surface area (Å²) in [4.78, 5) is 5.30. The molecule has 3 N–H and O–H groups in total. The van der Waals surface area contributed by atoms with Gasteiger partial charge in [0.25, 0.3) is 0 Å². The molecule has 0 aromatic carbocycles. The van der Waals surface area contributed by atoms with E-state index in [0.717, 1.165) is 12.2 Å². The molecular formula is C10H11N3S. The van der Waals surface area contributed by atoms with E-state index in [4.69, 9.17) is 5.73 Å². The third-order valence-electron chi connectivity index (χ3n) is 1.81. The predicted octanol–water partition coefficient (Wildman–Crippen LogP) is 2.34. The number of nitrogens with two attached hydrogens (primary N) is 1. The number of nitrogens with zero attached hydrogens (tertiary/aromatic N) is 1. The third-order valence-corrected chi connectivity index (χ3v) is 2.68. The molecule has 0 aliphatic rings. The van der Waals surface area contributed by atoms with Gasteiger partial charge in [-0.2, -0.15) is 0 Å². The molecule has 2 heterocycles. The summed E-state index contributed by atoms with van der Waals surface area (Å²) in [6.45, 7) is 0.822. The highest BCUT2D eigenvalue weighted by molar-refractivity contribution is 7.09. The molecule has 0 aliphatic heterocycles. The maximum atomic E-state index is 5.61. The number of nitrogen functional groups attached to an aromatic ring is 1. The number of hydrogen-bond acceptors (Lipinski definition) is 4. The number of pyridine rings is 1. The van der Waals surface area contributed by atoms with Crippen molar-refractivity contribution in [3.05, 3.63) is 40.8 Å². The fourth-order valence-corrected chi connectivity index (χ4v) is 1.80. The van der Waals surface area contributed by atoms with Crippen molar-refractivity contribution >= 4 is 22.7 Å². The van der Waals surface area contributed by atoms with E-state index in [1.807, 2.05) is 12.1 Å². The number of anilines is 2. The highest BCUT2D eigenvalue weighted by Crippen LogP contribution is 2.13. The van der Waals surface area contributed by atoms with Crippen LogP contribution in [0.3, 0.4) is 0 Å². The summed E-state index contributed by atoms with van der Waals surface area (Å²) in [6, 6.07) is 6.01. The van der Waals surface area contributed by atoms with Crippen molar-refractivity contribution in [1.82, 2.24) is 4.98 Å². The molecule has 4 heteroatoms. The summed E-state index contributed by atoms with van der Waals surface area (Å²) in [5.41, 5.74) is 7.25. The smallest absolute Gasteiger partial charge is 0.0550 e. The molecule has 0 atom stereocenters. The fourth-order valence-electron chi connectivity index (χ4n) is 1.16. The summed E-state index contributed by atoms with van der Waals surface area (Å²) in [7, 11) is 0. The van der Waals surface area contributed by atoms with E-state index in [0.29, 0.717) is 5.69 Å². The number of hydrogen-bond donors (Lipinski definition) is 2. The summed E-state index contributed by atoms with van der Waals surface area (Å²) < 4.78 is 0. The van der Waals surface area contributed by atoms with Crippen LogP contribution in [0.25, 0.3) is 0 Å². The van der Waals surface area contributed by atoms with Crippen molar-refractivity contribution in [2.45, 2.75) is 6.54 Å². The number of aromatic nitrogens is 1. The maximum Gasteiger partial charge on any atom is 0.0550 e. The Kier molecular flexibility index (Phi) is 2.65. The first kappa shape index (κ1) is 9.02. The zero-order valence-corrected chi connectivity index (χ0v) is 8.42. The van der Waals surface area contributed by atoms with Crippen molar-refractivity contribution in [1.29, 1.82) is 0 Å². The van der Waals surface area contributed by atoms with Crippen LogP contribution in [0, 0.1) is 0 Å². The number of thiophene rings is 1. The van der Waals surface area contributed by atoms with Crippen molar-refractivity contribution in [2.24, 2.45) is 0 Å². The van der Waals surface area contributed by atoms with Crippen LogP contribution >= 0.6 is 11.3 Å². The SMILES string of the molecule is Nc1cncc(NCc2cccs2)c1. The van der Waals surface area contributed by atoms with Gasteiger partial charge in [0.1, 0.15) is 0 Å². The first-order valence-corrected chi connectivity index (χ1v) is 5.19. The van der Waals surface area contributed by atoms with Crippen LogP contribution in [-0.2, 0) is 6.54 Å². The molecule has 0 spiro atoms. The Labute approximate surface area is 86.6 Å². The molecule has 0 saturated carbocycles. The lowest BCUT2D eigenvalue weighted by Gasteiger charge is -2.04. The van der Waals surface area contributed by atoms with Crippen LogP contribution in [0.1, 0.15) is 4.88 Å². The molecular weight excluding hydrogens is 194 g/mol. The van der Waals surface area contributed by atoms with Gasteiger partial charge >= 0.3 is 0 Å². The average Bonchev–Trinajstić information content (AvgIpc) is 2.67. The van der Waals surface area contributed by atoms with Gasteiger partial charge in [0.15, 0.2) is 0 Å². The number of nitrogens with one attached hydrogen (secondary N) is 1. The lowest BCUT2D eigenvalue weighted by atomic mass is 10.3. The molecule has 72 valence electrons. The Morgan fingerprint density at radius 3 is 3.07 bits per heavy atom. The average molecular weight is 205 g/mol. The van der Waals surface area contributed by atoms with Crippen molar-refractivity contribution < 1.29 is 0 Å². The standard InChI is InChI=1S/C10H11N3S/c11-8-4-9(6-12-5-8)13-7-10-2-1-3-14-10/h1-6,13H,7,11H2. The number of rotatable bonds is 3. The molecule has 0 amide bonds. The van der Waals surface area contributed by atoms with Gasteiger partial charge in [0, 0.05) is 17.6 Å². The second kappa shape index (κ2) is 4.11. The first-order chi connectivity index (χ1) is 6.84. The lowest BCUT2D eigenvalue weighted by molar-refractivity contribution is 1.17. The monoisotopic (exact) mass is 205 g/mol. The maximum absolute atomic E-state index is 5.61. The van der Waals surface area contributed by atoms with Crippen molar-refractivity contribution in [3.63, 3.8) is 0 Å². The fraction of sp³-hybridized carbons (Fsp3) is 0.100. The van der Waals surface area contributed by atoms with E-state index in [9.17, 15) is 0 Å². The van der Waals surface area contributed by atoms with Crippen LogP contribution in [0.5, 0.6) is 0 Å². The Bertz CT molecular complexity index is 398. The van der Waals surface area contributed by atoms with E-state index in [1.54, 1.807) is 23.7 Å². The van der Waals surface area contributed by atoms with Gasteiger partial charge in [-0.25, -0.2) is 0 Å². The van der Waals surface area contributed by atoms with Gasteiger partial charge in [0.05, 0.1) is 17.6 Å². The molecule has 2 aromatic rings. The Morgan fingerprint density at radius 1 is 1.43 bits per heavy atom. The van der Waals surface area contributed by atoms with Crippen molar-refractivity contribution in [3.8, 4) is 0 Å². The highest BCUT2D eigenvalue weighted by Gasteiger charge is 1.95. The molecule has 14 heavy (non-hydrogen) atoms.